The van der Waals surface area contributed by atoms with Crippen LogP contribution in [0, 0.1) is 6.92 Å². The van der Waals surface area contributed by atoms with Crippen LogP contribution in [-0.2, 0) is 21.9 Å². The number of amides is 2. The van der Waals surface area contributed by atoms with Crippen LogP contribution in [-0.4, -0.2) is 34.6 Å². The van der Waals surface area contributed by atoms with Crippen LogP contribution in [0.1, 0.15) is 43.9 Å². The molecule has 0 saturated heterocycles. The summed E-state index contributed by atoms with van der Waals surface area (Å²) in [5.74, 6) is 0.663. The third kappa shape index (κ3) is 8.06. The second-order valence-corrected chi connectivity index (χ2v) is 9.65. The highest BCUT2D eigenvalue weighted by molar-refractivity contribution is 7.99. The highest BCUT2D eigenvalue weighted by atomic mass is 35.5. The van der Waals surface area contributed by atoms with Crippen LogP contribution in [0.4, 0.5) is 0 Å². The largest absolute Gasteiger partial charge is 0.352 e. The number of aryl methyl sites for hydroxylation is 1. The summed E-state index contributed by atoms with van der Waals surface area (Å²) in [6.45, 7) is 8.19. The van der Waals surface area contributed by atoms with Crippen LogP contribution in [0.3, 0.4) is 0 Å². The quantitative estimate of drug-likeness (QED) is 0.462. The maximum absolute atomic E-state index is 13.2. The van der Waals surface area contributed by atoms with Crippen molar-refractivity contribution in [2.75, 3.05) is 5.75 Å². The van der Waals surface area contributed by atoms with Crippen molar-refractivity contribution >= 4 is 46.8 Å². The average molecular weight is 481 g/mol. The second-order valence-electron chi connectivity index (χ2n) is 7.82. The maximum Gasteiger partial charge on any atom is 0.243 e. The smallest absolute Gasteiger partial charge is 0.243 e. The molecule has 4 nitrogen and oxygen atoms in total. The molecule has 0 heterocycles. The van der Waals surface area contributed by atoms with Crippen molar-refractivity contribution in [1.82, 2.24) is 10.2 Å². The molecule has 0 fully saturated rings. The fraction of sp³-hybridized carbons (Fsp3) is 0.417. The number of hydrogen-bond acceptors (Lipinski definition) is 3. The van der Waals surface area contributed by atoms with Gasteiger partial charge in [0.1, 0.15) is 6.04 Å². The van der Waals surface area contributed by atoms with E-state index in [9.17, 15) is 9.59 Å². The van der Waals surface area contributed by atoms with Gasteiger partial charge in [-0.05, 0) is 50.5 Å². The fourth-order valence-electron chi connectivity index (χ4n) is 3.16. The van der Waals surface area contributed by atoms with Crippen LogP contribution in [0.2, 0.25) is 10.0 Å². The molecule has 168 valence electrons. The number of rotatable bonds is 10. The molecule has 0 spiro atoms. The Labute approximate surface area is 199 Å². The van der Waals surface area contributed by atoms with Crippen molar-refractivity contribution in [2.24, 2.45) is 0 Å². The lowest BCUT2D eigenvalue weighted by atomic mass is 10.1. The van der Waals surface area contributed by atoms with Gasteiger partial charge in [0.05, 0.1) is 5.75 Å². The van der Waals surface area contributed by atoms with Crippen LogP contribution < -0.4 is 5.32 Å². The van der Waals surface area contributed by atoms with Gasteiger partial charge in [-0.15, -0.1) is 11.8 Å². The lowest BCUT2D eigenvalue weighted by Gasteiger charge is -2.31. The minimum absolute atomic E-state index is 0.0132. The first-order valence-electron chi connectivity index (χ1n) is 10.4. The molecule has 2 amide bonds. The minimum Gasteiger partial charge on any atom is -0.352 e. The molecule has 0 saturated carbocycles. The SMILES string of the molecule is CC[C@H](C(=O)NC(C)C)N(Cc1ccc(C)cc1)C(=O)CSCc1ccc(Cl)cc1Cl. The van der Waals surface area contributed by atoms with Crippen LogP contribution in [0.25, 0.3) is 0 Å². The van der Waals surface area contributed by atoms with Crippen molar-refractivity contribution in [3.8, 4) is 0 Å². The highest BCUT2D eigenvalue weighted by Gasteiger charge is 2.28. The van der Waals surface area contributed by atoms with E-state index in [2.05, 4.69) is 5.32 Å². The molecule has 0 aliphatic heterocycles. The Bertz CT molecular complexity index is 888. The molecule has 7 heteroatoms. The molecule has 1 N–H and O–H groups in total. The summed E-state index contributed by atoms with van der Waals surface area (Å²) in [5, 5.41) is 4.12. The first-order valence-corrected chi connectivity index (χ1v) is 12.3. The van der Waals surface area contributed by atoms with E-state index in [1.54, 1.807) is 17.0 Å². The van der Waals surface area contributed by atoms with E-state index in [-0.39, 0.29) is 23.6 Å². The number of thioether (sulfide) groups is 1. The number of carbonyl (C=O) groups is 2. The van der Waals surface area contributed by atoms with Gasteiger partial charge < -0.3 is 10.2 Å². The molecule has 2 aromatic carbocycles. The van der Waals surface area contributed by atoms with E-state index in [0.717, 1.165) is 16.7 Å². The van der Waals surface area contributed by atoms with Gasteiger partial charge in [-0.1, -0.05) is 66.0 Å². The third-order valence-corrected chi connectivity index (χ3v) is 6.34. The van der Waals surface area contributed by atoms with Gasteiger partial charge in [-0.25, -0.2) is 0 Å². The molecule has 2 aromatic rings. The summed E-state index contributed by atoms with van der Waals surface area (Å²) in [7, 11) is 0. The summed E-state index contributed by atoms with van der Waals surface area (Å²) in [4.78, 5) is 27.7. The van der Waals surface area contributed by atoms with Gasteiger partial charge >= 0.3 is 0 Å². The van der Waals surface area contributed by atoms with E-state index in [1.807, 2.05) is 58.0 Å². The molecule has 0 radical (unpaired) electrons. The zero-order valence-corrected chi connectivity index (χ0v) is 20.8. The average Bonchev–Trinajstić information content (AvgIpc) is 2.70. The van der Waals surface area contributed by atoms with Gasteiger partial charge in [-0.3, -0.25) is 9.59 Å². The number of nitrogens with zero attached hydrogens (tertiary/aromatic N) is 1. The van der Waals surface area contributed by atoms with E-state index in [0.29, 0.717) is 28.8 Å². The van der Waals surface area contributed by atoms with Gasteiger partial charge in [-0.2, -0.15) is 0 Å². The van der Waals surface area contributed by atoms with Gasteiger partial charge in [0.2, 0.25) is 11.8 Å². The molecule has 0 aliphatic carbocycles. The number of benzene rings is 2. The van der Waals surface area contributed by atoms with Crippen molar-refractivity contribution in [2.45, 2.75) is 58.5 Å². The van der Waals surface area contributed by atoms with Crippen molar-refractivity contribution < 1.29 is 9.59 Å². The van der Waals surface area contributed by atoms with Crippen LogP contribution in [0.5, 0.6) is 0 Å². The van der Waals surface area contributed by atoms with Crippen molar-refractivity contribution in [3.05, 3.63) is 69.2 Å². The minimum atomic E-state index is -0.518. The lowest BCUT2D eigenvalue weighted by Crippen LogP contribution is -2.50. The number of halogens is 2. The van der Waals surface area contributed by atoms with Crippen molar-refractivity contribution in [1.29, 1.82) is 0 Å². The topological polar surface area (TPSA) is 49.4 Å². The lowest BCUT2D eigenvalue weighted by molar-refractivity contribution is -0.139. The summed E-state index contributed by atoms with van der Waals surface area (Å²) in [5.41, 5.74) is 3.08. The van der Waals surface area contributed by atoms with E-state index in [1.165, 1.54) is 11.8 Å². The van der Waals surface area contributed by atoms with E-state index in [4.69, 9.17) is 23.2 Å². The zero-order chi connectivity index (χ0) is 23.0. The Morgan fingerprint density at radius 2 is 1.77 bits per heavy atom. The standard InChI is InChI=1S/C24H30Cl2N2O2S/c1-5-22(24(30)27-16(2)3)28(13-18-8-6-17(4)7-9-18)23(29)15-31-14-19-10-11-20(25)12-21(19)26/h6-12,16,22H,5,13-15H2,1-4H3,(H,27,30)/t22-/m1/s1. The Kier molecular flexibility index (Phi) is 10.2. The highest BCUT2D eigenvalue weighted by Crippen LogP contribution is 2.25. The summed E-state index contributed by atoms with van der Waals surface area (Å²) in [6.07, 6.45) is 0.545. The zero-order valence-electron chi connectivity index (χ0n) is 18.5. The fourth-order valence-corrected chi connectivity index (χ4v) is 4.63. The van der Waals surface area contributed by atoms with Gasteiger partial charge in [0, 0.05) is 28.4 Å². The normalized spacial score (nSPS) is 12.0. The summed E-state index contributed by atoms with van der Waals surface area (Å²) in [6, 6.07) is 12.9. The second kappa shape index (κ2) is 12.4. The van der Waals surface area contributed by atoms with E-state index < -0.39 is 6.04 Å². The monoisotopic (exact) mass is 480 g/mol. The molecule has 0 aliphatic rings. The Morgan fingerprint density at radius 3 is 2.35 bits per heavy atom. The molecule has 31 heavy (non-hydrogen) atoms. The first-order chi connectivity index (χ1) is 14.7. The Balaban J connectivity index is 2.13. The number of nitrogens with one attached hydrogen (secondary N) is 1. The molecule has 0 bridgehead atoms. The van der Waals surface area contributed by atoms with Gasteiger partial charge in [0.15, 0.2) is 0 Å². The molecule has 0 unspecified atom stereocenters. The van der Waals surface area contributed by atoms with Crippen LogP contribution >= 0.6 is 35.0 Å². The van der Waals surface area contributed by atoms with Crippen molar-refractivity contribution in [3.63, 3.8) is 0 Å². The summed E-state index contributed by atoms with van der Waals surface area (Å²) < 4.78 is 0. The Morgan fingerprint density at radius 1 is 1.10 bits per heavy atom. The molecular formula is C24H30Cl2N2O2S. The molecular weight excluding hydrogens is 451 g/mol. The van der Waals surface area contributed by atoms with Gasteiger partial charge in [0.25, 0.3) is 0 Å². The Hall–Kier alpha value is -1.69. The maximum atomic E-state index is 13.2. The third-order valence-electron chi connectivity index (χ3n) is 4.79. The number of carbonyl (C=O) groups excluding carboxylic acids is 2. The predicted molar refractivity (Wildman–Crippen MR) is 132 cm³/mol. The van der Waals surface area contributed by atoms with Crippen LogP contribution in [0.15, 0.2) is 42.5 Å². The predicted octanol–water partition coefficient (Wildman–Crippen LogP) is 5.87. The first kappa shape index (κ1) is 25.6. The van der Waals surface area contributed by atoms with E-state index >= 15 is 0 Å². The molecule has 2 rings (SSSR count). The molecule has 1 atom stereocenters. The number of hydrogen-bond donors (Lipinski definition) is 1. The summed E-state index contributed by atoms with van der Waals surface area (Å²) >= 11 is 13.7. The molecule has 0 aromatic heterocycles.